The molecule has 152 valence electrons. The number of anilines is 1. The molecule has 0 amide bonds. The van der Waals surface area contributed by atoms with Crippen LogP contribution in [-0.4, -0.2) is 29.1 Å². The van der Waals surface area contributed by atoms with Crippen LogP contribution < -0.4 is 10.6 Å². The van der Waals surface area contributed by atoms with Crippen LogP contribution in [0, 0.1) is 15.3 Å². The molecule has 1 aromatic carbocycles. The van der Waals surface area contributed by atoms with Crippen molar-refractivity contribution >= 4 is 40.4 Å². The topological polar surface area (TPSA) is 125 Å². The number of esters is 1. The quantitative estimate of drug-likeness (QED) is 0.551. The fourth-order valence-electron chi connectivity index (χ4n) is 3.89. The van der Waals surface area contributed by atoms with E-state index in [1.165, 1.54) is 18.4 Å². The molecule has 1 atom stereocenters. The molecule has 0 saturated carbocycles. The van der Waals surface area contributed by atoms with Crippen LogP contribution >= 0.6 is 23.6 Å². The maximum Gasteiger partial charge on any atom is 0.337 e. The summed E-state index contributed by atoms with van der Waals surface area (Å²) in [4.78, 5) is 26.4. The monoisotopic (exact) mass is 439 g/mol. The number of ketones is 1. The van der Waals surface area contributed by atoms with Gasteiger partial charge >= 0.3 is 5.97 Å². The van der Waals surface area contributed by atoms with Gasteiger partial charge in [0.25, 0.3) is 0 Å². The number of hydrogen-bond donors (Lipinski definition) is 2. The Balaban J connectivity index is 1.90. The third-order valence-corrected chi connectivity index (χ3v) is 6.27. The predicted octanol–water partition coefficient (Wildman–Crippen LogP) is 3.29. The SMILES string of the molecule is COC(=O)c1ccc(C2C(C#N)=C(N)N(c3n[nH]c(=S)s3)C3=C2C(=O)CCC3)cc1. The van der Waals surface area contributed by atoms with Gasteiger partial charge in [-0.3, -0.25) is 14.8 Å². The minimum atomic E-state index is -0.604. The lowest BCUT2D eigenvalue weighted by molar-refractivity contribution is -0.116. The number of nitrogens with one attached hydrogen (secondary N) is 1. The highest BCUT2D eigenvalue weighted by Crippen LogP contribution is 2.46. The van der Waals surface area contributed by atoms with Crippen molar-refractivity contribution in [1.82, 2.24) is 10.2 Å². The zero-order valence-corrected chi connectivity index (χ0v) is 17.6. The summed E-state index contributed by atoms with van der Waals surface area (Å²) >= 11 is 6.37. The van der Waals surface area contributed by atoms with Crippen molar-refractivity contribution < 1.29 is 14.3 Å². The molecule has 1 aliphatic carbocycles. The number of methoxy groups -OCH3 is 1. The van der Waals surface area contributed by atoms with Gasteiger partial charge in [-0.2, -0.15) is 5.26 Å². The Kier molecular flexibility index (Phi) is 5.24. The standard InChI is InChI=1S/C20H17N5O3S2/c1-28-18(27)11-7-5-10(6-8-11)15-12(9-21)17(22)25(19-23-24-20(29)30-19)13-3-2-4-14(26)16(13)15/h5-8,15H,2-4,22H2,1H3,(H,24,29). The van der Waals surface area contributed by atoms with E-state index in [-0.39, 0.29) is 17.2 Å². The number of H-pyrrole nitrogens is 1. The van der Waals surface area contributed by atoms with Crippen molar-refractivity contribution in [3.05, 3.63) is 62.0 Å². The Morgan fingerprint density at radius 1 is 1.40 bits per heavy atom. The molecular weight excluding hydrogens is 422 g/mol. The Labute approximate surface area is 181 Å². The number of nitrogens with two attached hydrogens (primary N) is 1. The van der Waals surface area contributed by atoms with Crippen molar-refractivity contribution in [3.63, 3.8) is 0 Å². The number of nitriles is 1. The van der Waals surface area contributed by atoms with Crippen LogP contribution in [0.1, 0.15) is 41.1 Å². The summed E-state index contributed by atoms with van der Waals surface area (Å²) in [7, 11) is 1.31. The van der Waals surface area contributed by atoms with Crippen molar-refractivity contribution in [2.75, 3.05) is 12.0 Å². The van der Waals surface area contributed by atoms with Crippen molar-refractivity contribution in [2.45, 2.75) is 25.2 Å². The van der Waals surface area contributed by atoms with Gasteiger partial charge in [-0.05, 0) is 42.8 Å². The summed E-state index contributed by atoms with van der Waals surface area (Å²) in [5.74, 6) is -0.860. The average Bonchev–Trinajstić information content (AvgIpc) is 3.18. The number of hydrogen-bond acceptors (Lipinski definition) is 9. The number of carbonyl (C=O) groups is 2. The minimum Gasteiger partial charge on any atom is -0.465 e. The van der Waals surface area contributed by atoms with Gasteiger partial charge < -0.3 is 10.5 Å². The number of aromatic amines is 1. The number of allylic oxidation sites excluding steroid dienone is 3. The van der Waals surface area contributed by atoms with Crippen LogP contribution in [0.15, 0.2) is 46.9 Å². The molecule has 0 saturated heterocycles. The van der Waals surface area contributed by atoms with Crippen LogP contribution in [0.2, 0.25) is 0 Å². The zero-order chi connectivity index (χ0) is 21.4. The van der Waals surface area contributed by atoms with Gasteiger partial charge in [0.1, 0.15) is 5.82 Å². The average molecular weight is 440 g/mol. The van der Waals surface area contributed by atoms with Crippen LogP contribution in [-0.2, 0) is 9.53 Å². The Morgan fingerprint density at radius 2 is 2.13 bits per heavy atom. The molecule has 2 heterocycles. The van der Waals surface area contributed by atoms with Gasteiger partial charge in [0.2, 0.25) is 5.13 Å². The molecule has 1 aromatic heterocycles. The van der Waals surface area contributed by atoms with E-state index >= 15 is 0 Å². The molecule has 2 aromatic rings. The molecule has 10 heteroatoms. The maximum atomic E-state index is 13.0. The third-order valence-electron chi connectivity index (χ3n) is 5.20. The highest BCUT2D eigenvalue weighted by molar-refractivity contribution is 7.73. The first-order valence-electron chi connectivity index (χ1n) is 9.16. The Hall–Kier alpha value is -3.29. The fraction of sp³-hybridized carbons (Fsp3) is 0.250. The summed E-state index contributed by atoms with van der Waals surface area (Å²) in [5.41, 5.74) is 9.07. The lowest BCUT2D eigenvalue weighted by Gasteiger charge is -2.38. The number of ether oxygens (including phenoxy) is 1. The van der Waals surface area contributed by atoms with Gasteiger partial charge in [0, 0.05) is 17.7 Å². The molecule has 0 spiro atoms. The Morgan fingerprint density at radius 3 is 2.73 bits per heavy atom. The Bertz CT molecular complexity index is 1200. The van der Waals surface area contributed by atoms with Crippen LogP contribution in [0.4, 0.5) is 5.13 Å². The van der Waals surface area contributed by atoms with Crippen molar-refractivity contribution in [3.8, 4) is 6.07 Å². The number of Topliss-reactive ketones (excluding diaryl/α,β-unsaturated/α-hetero) is 1. The predicted molar refractivity (Wildman–Crippen MR) is 113 cm³/mol. The number of carbonyl (C=O) groups excluding carboxylic acids is 2. The molecule has 0 fully saturated rings. The second-order valence-electron chi connectivity index (χ2n) is 6.83. The van der Waals surface area contributed by atoms with E-state index < -0.39 is 11.9 Å². The van der Waals surface area contributed by atoms with Crippen LogP contribution in [0.5, 0.6) is 0 Å². The van der Waals surface area contributed by atoms with Gasteiger partial charge in [-0.1, -0.05) is 23.5 Å². The second-order valence-corrected chi connectivity index (χ2v) is 8.47. The van der Waals surface area contributed by atoms with E-state index in [2.05, 4.69) is 16.3 Å². The maximum absolute atomic E-state index is 13.0. The summed E-state index contributed by atoms with van der Waals surface area (Å²) in [5, 5.41) is 17.4. The smallest absolute Gasteiger partial charge is 0.337 e. The molecule has 2 aliphatic rings. The fourth-order valence-corrected chi connectivity index (χ4v) is 4.80. The summed E-state index contributed by atoms with van der Waals surface area (Å²) in [6.45, 7) is 0. The number of nitrogens with zero attached hydrogens (tertiary/aromatic N) is 3. The molecular formula is C20H17N5O3S2. The third kappa shape index (κ3) is 3.22. The first-order valence-corrected chi connectivity index (χ1v) is 10.4. The lowest BCUT2D eigenvalue weighted by atomic mass is 9.75. The van der Waals surface area contributed by atoms with E-state index in [9.17, 15) is 14.9 Å². The van der Waals surface area contributed by atoms with Gasteiger partial charge in [-0.25, -0.2) is 4.79 Å². The van der Waals surface area contributed by atoms with Crippen molar-refractivity contribution in [1.29, 1.82) is 5.26 Å². The first-order chi connectivity index (χ1) is 14.5. The summed E-state index contributed by atoms with van der Waals surface area (Å²) in [6, 6.07) is 8.87. The summed E-state index contributed by atoms with van der Waals surface area (Å²) in [6.07, 6.45) is 1.72. The normalized spacial score (nSPS) is 18.9. The molecule has 0 bridgehead atoms. The molecule has 0 radical (unpaired) electrons. The van der Waals surface area contributed by atoms with E-state index in [1.54, 1.807) is 29.2 Å². The van der Waals surface area contributed by atoms with E-state index in [0.717, 1.165) is 5.70 Å². The molecule has 4 rings (SSSR count). The number of benzene rings is 1. The molecule has 1 aliphatic heterocycles. The number of rotatable bonds is 3. The largest absolute Gasteiger partial charge is 0.465 e. The lowest BCUT2D eigenvalue weighted by Crippen LogP contribution is -2.38. The highest BCUT2D eigenvalue weighted by Gasteiger charge is 2.41. The molecule has 30 heavy (non-hydrogen) atoms. The summed E-state index contributed by atoms with van der Waals surface area (Å²) < 4.78 is 5.21. The highest BCUT2D eigenvalue weighted by atomic mass is 32.1. The molecule has 3 N–H and O–H groups in total. The van der Waals surface area contributed by atoms with E-state index in [1.807, 2.05) is 0 Å². The van der Waals surface area contributed by atoms with Gasteiger partial charge in [0.15, 0.2) is 9.74 Å². The van der Waals surface area contributed by atoms with E-state index in [4.69, 9.17) is 22.7 Å². The van der Waals surface area contributed by atoms with E-state index in [0.29, 0.717) is 45.0 Å². The van der Waals surface area contributed by atoms with Crippen molar-refractivity contribution in [2.24, 2.45) is 5.73 Å². The second kappa shape index (κ2) is 7.85. The molecule has 8 nitrogen and oxygen atoms in total. The first kappa shape index (κ1) is 20.0. The molecule has 1 unspecified atom stereocenters. The number of aromatic nitrogens is 2. The zero-order valence-electron chi connectivity index (χ0n) is 16.0. The van der Waals surface area contributed by atoms with Gasteiger partial charge in [-0.15, -0.1) is 5.10 Å². The van der Waals surface area contributed by atoms with Gasteiger partial charge in [0.05, 0.1) is 30.2 Å². The minimum absolute atomic E-state index is 0.0253. The van der Waals surface area contributed by atoms with Crippen LogP contribution in [0.3, 0.4) is 0 Å². The van der Waals surface area contributed by atoms with Crippen LogP contribution in [0.25, 0.3) is 0 Å².